The summed E-state index contributed by atoms with van der Waals surface area (Å²) < 4.78 is 1.72. The lowest BCUT2D eigenvalue weighted by Gasteiger charge is -2.32. The molecule has 1 aliphatic rings. The average molecular weight is 418 g/mol. The van der Waals surface area contributed by atoms with Gasteiger partial charge in [0.2, 0.25) is 5.91 Å². The average Bonchev–Trinajstić information content (AvgIpc) is 3.19. The summed E-state index contributed by atoms with van der Waals surface area (Å²) in [6, 6.07) is 5.89. The monoisotopic (exact) mass is 417 g/mol. The molecule has 8 heteroatoms. The second-order valence-corrected chi connectivity index (χ2v) is 7.97. The number of aryl methyl sites for hydroxylation is 2. The SMILES string of the molecule is Cc1cccnc1Nc1cc(CC2CCCN(C(=O)/C=C/c3cnn(C)c3)C2)ncn1. The van der Waals surface area contributed by atoms with E-state index in [0.717, 1.165) is 60.8 Å². The van der Waals surface area contributed by atoms with Gasteiger partial charge in [-0.3, -0.25) is 9.48 Å². The summed E-state index contributed by atoms with van der Waals surface area (Å²) in [5, 5.41) is 7.39. The highest BCUT2D eigenvalue weighted by Crippen LogP contribution is 2.22. The highest BCUT2D eigenvalue weighted by molar-refractivity contribution is 5.91. The first-order valence-corrected chi connectivity index (χ1v) is 10.5. The quantitative estimate of drug-likeness (QED) is 0.620. The topological polar surface area (TPSA) is 88.8 Å². The molecule has 4 rings (SSSR count). The zero-order valence-corrected chi connectivity index (χ0v) is 17.9. The van der Waals surface area contributed by atoms with Gasteiger partial charge in [-0.15, -0.1) is 0 Å². The number of hydrogen-bond acceptors (Lipinski definition) is 6. The Morgan fingerprint density at radius 1 is 1.32 bits per heavy atom. The Morgan fingerprint density at radius 3 is 3.03 bits per heavy atom. The third-order valence-electron chi connectivity index (χ3n) is 5.45. The third kappa shape index (κ3) is 5.53. The van der Waals surface area contributed by atoms with Gasteiger partial charge in [0.15, 0.2) is 0 Å². The first kappa shape index (κ1) is 20.7. The molecule has 1 amide bonds. The van der Waals surface area contributed by atoms with E-state index < -0.39 is 0 Å². The molecule has 3 aromatic heterocycles. The summed E-state index contributed by atoms with van der Waals surface area (Å²) in [6.07, 6.45) is 13.3. The normalized spacial score (nSPS) is 16.6. The molecular formula is C23H27N7O. The largest absolute Gasteiger partial charge is 0.339 e. The Hall–Kier alpha value is -3.55. The number of pyridine rings is 1. The van der Waals surface area contributed by atoms with Crippen LogP contribution in [0.2, 0.25) is 0 Å². The molecule has 0 spiro atoms. The molecule has 1 atom stereocenters. The standard InChI is InChI=1S/C23H27N7O/c1-17-5-3-9-24-23(17)28-21-12-20(25-16-26-21)11-18-6-4-10-30(15-18)22(31)8-7-19-13-27-29(2)14-19/h3,5,7-9,12-14,16,18H,4,6,10-11,15H2,1-2H3,(H,24,25,26,28)/b8-7+. The molecule has 1 fully saturated rings. The predicted octanol–water partition coefficient (Wildman–Crippen LogP) is 3.15. The molecule has 1 aliphatic heterocycles. The van der Waals surface area contributed by atoms with Gasteiger partial charge in [-0.2, -0.15) is 5.10 Å². The highest BCUT2D eigenvalue weighted by atomic mass is 16.2. The molecule has 3 aromatic rings. The van der Waals surface area contributed by atoms with Crippen molar-refractivity contribution in [1.82, 2.24) is 29.6 Å². The Balaban J connectivity index is 1.36. The second-order valence-electron chi connectivity index (χ2n) is 7.97. The van der Waals surface area contributed by atoms with E-state index in [1.54, 1.807) is 29.5 Å². The van der Waals surface area contributed by atoms with Crippen molar-refractivity contribution in [2.24, 2.45) is 13.0 Å². The summed E-state index contributed by atoms with van der Waals surface area (Å²) in [4.78, 5) is 27.7. The summed E-state index contributed by atoms with van der Waals surface area (Å²) in [6.45, 7) is 3.54. The molecule has 1 unspecified atom stereocenters. The number of nitrogens with one attached hydrogen (secondary N) is 1. The van der Waals surface area contributed by atoms with E-state index in [9.17, 15) is 4.79 Å². The van der Waals surface area contributed by atoms with Gasteiger partial charge in [0, 0.05) is 55.9 Å². The van der Waals surface area contributed by atoms with Gasteiger partial charge < -0.3 is 10.2 Å². The zero-order valence-electron chi connectivity index (χ0n) is 17.9. The van der Waals surface area contributed by atoms with E-state index in [1.807, 2.05) is 49.3 Å². The number of carbonyl (C=O) groups is 1. The summed E-state index contributed by atoms with van der Waals surface area (Å²) in [7, 11) is 1.86. The lowest BCUT2D eigenvalue weighted by atomic mass is 9.93. The minimum atomic E-state index is 0.0456. The lowest BCUT2D eigenvalue weighted by molar-refractivity contribution is -0.127. The molecule has 0 radical (unpaired) electrons. The van der Waals surface area contributed by atoms with Crippen LogP contribution in [-0.4, -0.2) is 48.6 Å². The van der Waals surface area contributed by atoms with Gasteiger partial charge in [0.1, 0.15) is 18.0 Å². The van der Waals surface area contributed by atoms with E-state index in [1.165, 1.54) is 0 Å². The molecule has 0 aliphatic carbocycles. The first-order valence-electron chi connectivity index (χ1n) is 10.5. The maximum Gasteiger partial charge on any atom is 0.246 e. The number of anilines is 2. The molecule has 0 bridgehead atoms. The van der Waals surface area contributed by atoms with E-state index in [2.05, 4.69) is 25.4 Å². The summed E-state index contributed by atoms with van der Waals surface area (Å²) >= 11 is 0. The van der Waals surface area contributed by atoms with Gasteiger partial charge in [-0.25, -0.2) is 15.0 Å². The maximum absolute atomic E-state index is 12.6. The number of nitrogens with zero attached hydrogens (tertiary/aromatic N) is 6. The third-order valence-corrected chi connectivity index (χ3v) is 5.45. The number of hydrogen-bond donors (Lipinski definition) is 1. The van der Waals surface area contributed by atoms with Gasteiger partial charge in [0.05, 0.1) is 6.20 Å². The van der Waals surface area contributed by atoms with Crippen LogP contribution in [0.5, 0.6) is 0 Å². The van der Waals surface area contributed by atoms with Crippen LogP contribution in [0.25, 0.3) is 6.08 Å². The van der Waals surface area contributed by atoms with E-state index in [4.69, 9.17) is 0 Å². The Kier molecular flexibility index (Phi) is 6.35. The maximum atomic E-state index is 12.6. The molecule has 31 heavy (non-hydrogen) atoms. The van der Waals surface area contributed by atoms with E-state index in [-0.39, 0.29) is 5.91 Å². The number of amides is 1. The number of likely N-dealkylation sites (tertiary alicyclic amines) is 1. The van der Waals surface area contributed by atoms with Gasteiger partial charge >= 0.3 is 0 Å². The van der Waals surface area contributed by atoms with Crippen molar-refractivity contribution in [3.05, 3.63) is 66.0 Å². The van der Waals surface area contributed by atoms with Gasteiger partial charge in [-0.1, -0.05) is 6.07 Å². The number of aromatic nitrogens is 5. The van der Waals surface area contributed by atoms with Crippen LogP contribution in [0.4, 0.5) is 11.6 Å². The summed E-state index contributed by atoms with van der Waals surface area (Å²) in [5.41, 5.74) is 2.95. The van der Waals surface area contributed by atoms with Crippen molar-refractivity contribution in [3.8, 4) is 0 Å². The Morgan fingerprint density at radius 2 is 2.23 bits per heavy atom. The van der Waals surface area contributed by atoms with Crippen LogP contribution in [0.3, 0.4) is 0 Å². The molecule has 8 nitrogen and oxygen atoms in total. The smallest absolute Gasteiger partial charge is 0.246 e. The summed E-state index contributed by atoms with van der Waals surface area (Å²) in [5.74, 6) is 1.95. The van der Waals surface area contributed by atoms with Crippen molar-refractivity contribution in [2.45, 2.75) is 26.2 Å². The zero-order chi connectivity index (χ0) is 21.6. The molecule has 1 saturated heterocycles. The fraction of sp³-hybridized carbons (Fsp3) is 0.348. The molecule has 0 saturated carbocycles. The molecule has 1 N–H and O–H groups in total. The van der Waals surface area contributed by atoms with Crippen LogP contribution in [0.1, 0.15) is 29.7 Å². The van der Waals surface area contributed by atoms with Crippen molar-refractivity contribution in [1.29, 1.82) is 0 Å². The second kappa shape index (κ2) is 9.51. The highest BCUT2D eigenvalue weighted by Gasteiger charge is 2.23. The Bertz CT molecular complexity index is 1080. The first-order chi connectivity index (χ1) is 15.1. The van der Waals surface area contributed by atoms with Crippen molar-refractivity contribution in [3.63, 3.8) is 0 Å². The van der Waals surface area contributed by atoms with Crippen LogP contribution in [0, 0.1) is 12.8 Å². The molecular weight excluding hydrogens is 390 g/mol. The van der Waals surface area contributed by atoms with E-state index in [0.29, 0.717) is 5.92 Å². The molecule has 0 aromatic carbocycles. The van der Waals surface area contributed by atoms with Crippen molar-refractivity contribution >= 4 is 23.6 Å². The van der Waals surface area contributed by atoms with Gasteiger partial charge in [0.25, 0.3) is 0 Å². The van der Waals surface area contributed by atoms with Crippen LogP contribution in [0.15, 0.2) is 49.2 Å². The van der Waals surface area contributed by atoms with E-state index >= 15 is 0 Å². The van der Waals surface area contributed by atoms with Crippen molar-refractivity contribution in [2.75, 3.05) is 18.4 Å². The van der Waals surface area contributed by atoms with Crippen LogP contribution < -0.4 is 5.32 Å². The van der Waals surface area contributed by atoms with Crippen molar-refractivity contribution < 1.29 is 4.79 Å². The predicted molar refractivity (Wildman–Crippen MR) is 120 cm³/mol. The molecule has 4 heterocycles. The molecule has 160 valence electrons. The fourth-order valence-electron chi connectivity index (χ4n) is 3.84. The Labute approximate surface area is 182 Å². The van der Waals surface area contributed by atoms with Crippen LogP contribution in [-0.2, 0) is 18.3 Å². The number of piperidine rings is 1. The lowest BCUT2D eigenvalue weighted by Crippen LogP contribution is -2.39. The minimum absolute atomic E-state index is 0.0456. The van der Waals surface area contributed by atoms with Crippen LogP contribution >= 0.6 is 0 Å². The number of carbonyl (C=O) groups excluding carboxylic acids is 1. The minimum Gasteiger partial charge on any atom is -0.339 e. The fourth-order valence-corrected chi connectivity index (χ4v) is 3.84. The number of rotatable bonds is 6. The van der Waals surface area contributed by atoms with Gasteiger partial charge in [-0.05, 0) is 49.8 Å².